The van der Waals surface area contributed by atoms with Crippen LogP contribution < -0.4 is 0 Å². The predicted octanol–water partition coefficient (Wildman–Crippen LogP) is 4.75. The van der Waals surface area contributed by atoms with Crippen LogP contribution in [-0.2, 0) is 25.5 Å². The minimum absolute atomic E-state index is 0. The Kier molecular flexibility index (Phi) is 4.01. The molecule has 0 N–H and O–H groups in total. The summed E-state index contributed by atoms with van der Waals surface area (Å²) >= 11 is 0. The van der Waals surface area contributed by atoms with Crippen molar-refractivity contribution in [2.75, 3.05) is 0 Å². The molecule has 1 radical (unpaired) electrons. The molecule has 0 saturated carbocycles. The molecule has 4 rings (SSSR count). The van der Waals surface area contributed by atoms with E-state index < -0.39 is 0 Å². The average molecular weight is 495 g/mol. The third-order valence-electron chi connectivity index (χ3n) is 4.53. The van der Waals surface area contributed by atoms with Crippen LogP contribution in [-0.4, -0.2) is 14.4 Å². The number of aryl methyl sites for hydroxylation is 2. The monoisotopic (exact) mass is 495 g/mol. The van der Waals surface area contributed by atoms with Crippen molar-refractivity contribution in [2.45, 2.75) is 40.0 Å². The molecule has 0 unspecified atom stereocenters. The Bertz CT molecular complexity index is 1070. The van der Waals surface area contributed by atoms with E-state index in [1.54, 1.807) is 0 Å². The van der Waals surface area contributed by atoms with Crippen LogP contribution in [0.2, 0.25) is 0 Å². The zero-order valence-corrected chi connectivity index (χ0v) is 17.0. The number of rotatable bonds is 0. The molecule has 0 fully saturated rings. The van der Waals surface area contributed by atoms with Crippen molar-refractivity contribution in [1.82, 2.24) is 14.4 Å². The summed E-state index contributed by atoms with van der Waals surface area (Å²) in [7, 11) is 0. The summed E-state index contributed by atoms with van der Waals surface area (Å²) in [5.41, 5.74) is 7.66. The van der Waals surface area contributed by atoms with Crippen molar-refractivity contribution in [3.8, 4) is 0 Å². The van der Waals surface area contributed by atoms with E-state index in [4.69, 9.17) is 9.97 Å². The molecule has 0 aliphatic rings. The summed E-state index contributed by atoms with van der Waals surface area (Å²) in [5, 5.41) is 0.979. The van der Waals surface area contributed by atoms with Crippen LogP contribution in [0.15, 0.2) is 30.5 Å². The number of aromatic nitrogens is 3. The van der Waals surface area contributed by atoms with Crippen molar-refractivity contribution in [2.24, 2.45) is 0 Å². The van der Waals surface area contributed by atoms with E-state index in [0.29, 0.717) is 0 Å². The Morgan fingerprint density at radius 3 is 2.42 bits per heavy atom. The SMILES string of the molecule is Cc1cc2nc3c4[c-]cc(C(C)(C)C)nc4ccn3c2cc1C.[Ir]. The minimum atomic E-state index is 0. The summed E-state index contributed by atoms with van der Waals surface area (Å²) in [6.45, 7) is 10.8. The maximum Gasteiger partial charge on any atom is 0.0777 e. The fourth-order valence-electron chi connectivity index (χ4n) is 2.94. The molecule has 4 aromatic rings. The van der Waals surface area contributed by atoms with Crippen molar-refractivity contribution in [1.29, 1.82) is 0 Å². The molecule has 3 heterocycles. The Morgan fingerprint density at radius 1 is 1.00 bits per heavy atom. The molecular formula is C20H20IrN3-. The van der Waals surface area contributed by atoms with Gasteiger partial charge in [-0.25, -0.2) is 0 Å². The second kappa shape index (κ2) is 5.65. The minimum Gasteiger partial charge on any atom is -0.348 e. The van der Waals surface area contributed by atoms with Gasteiger partial charge >= 0.3 is 0 Å². The van der Waals surface area contributed by atoms with Crippen molar-refractivity contribution in [3.05, 3.63) is 53.3 Å². The van der Waals surface area contributed by atoms with E-state index in [0.717, 1.165) is 33.3 Å². The Balaban J connectivity index is 0.00000169. The molecule has 0 bridgehead atoms. The van der Waals surface area contributed by atoms with Crippen LogP contribution in [0.5, 0.6) is 0 Å². The number of hydrogen-bond donors (Lipinski definition) is 0. The van der Waals surface area contributed by atoms with E-state index in [-0.39, 0.29) is 25.5 Å². The average Bonchev–Trinajstić information content (AvgIpc) is 2.84. The predicted molar refractivity (Wildman–Crippen MR) is 95.0 cm³/mol. The van der Waals surface area contributed by atoms with E-state index in [1.807, 2.05) is 6.07 Å². The van der Waals surface area contributed by atoms with Gasteiger partial charge in [-0.15, -0.1) is 12.1 Å². The number of benzene rings is 1. The molecule has 0 spiro atoms. The van der Waals surface area contributed by atoms with E-state index >= 15 is 0 Å². The third kappa shape index (κ3) is 2.54. The van der Waals surface area contributed by atoms with Gasteiger partial charge in [0, 0.05) is 20.1 Å². The largest absolute Gasteiger partial charge is 0.348 e. The van der Waals surface area contributed by atoms with E-state index in [2.05, 4.69) is 69.5 Å². The number of imidazole rings is 1. The Morgan fingerprint density at radius 2 is 1.71 bits per heavy atom. The molecule has 0 amide bonds. The number of fused-ring (bicyclic) bond motifs is 5. The van der Waals surface area contributed by atoms with Gasteiger partial charge in [-0.05, 0) is 59.9 Å². The van der Waals surface area contributed by atoms with Gasteiger partial charge < -0.3 is 9.38 Å². The second-order valence-electron chi connectivity index (χ2n) is 7.34. The van der Waals surface area contributed by atoms with Crippen molar-refractivity contribution >= 4 is 27.6 Å². The molecule has 0 aliphatic carbocycles. The van der Waals surface area contributed by atoms with Crippen LogP contribution in [0.3, 0.4) is 0 Å². The van der Waals surface area contributed by atoms with Gasteiger partial charge in [-0.1, -0.05) is 32.2 Å². The molecule has 24 heavy (non-hydrogen) atoms. The van der Waals surface area contributed by atoms with Gasteiger partial charge in [0.2, 0.25) is 0 Å². The van der Waals surface area contributed by atoms with Gasteiger partial charge in [-0.3, -0.25) is 4.98 Å². The smallest absolute Gasteiger partial charge is 0.0777 e. The van der Waals surface area contributed by atoms with Gasteiger partial charge in [0.05, 0.1) is 16.7 Å². The van der Waals surface area contributed by atoms with E-state index in [1.165, 1.54) is 11.1 Å². The van der Waals surface area contributed by atoms with Gasteiger partial charge in [-0.2, -0.15) is 0 Å². The zero-order chi connectivity index (χ0) is 16.4. The fraction of sp³-hybridized carbons (Fsp3) is 0.300. The molecule has 0 saturated heterocycles. The summed E-state index contributed by atoms with van der Waals surface area (Å²) in [4.78, 5) is 9.65. The summed E-state index contributed by atoms with van der Waals surface area (Å²) in [6.07, 6.45) is 2.06. The molecule has 0 atom stereocenters. The molecule has 0 aliphatic heterocycles. The molecule has 125 valence electrons. The topological polar surface area (TPSA) is 30.2 Å². The normalized spacial score (nSPS) is 12.0. The first-order chi connectivity index (χ1) is 10.8. The molecule has 3 nitrogen and oxygen atoms in total. The fourth-order valence-corrected chi connectivity index (χ4v) is 2.94. The zero-order valence-electron chi connectivity index (χ0n) is 14.6. The van der Waals surface area contributed by atoms with Crippen LogP contribution >= 0.6 is 0 Å². The molecule has 1 aromatic carbocycles. The quantitative estimate of drug-likeness (QED) is 0.331. The van der Waals surface area contributed by atoms with Gasteiger partial charge in [0.15, 0.2) is 0 Å². The van der Waals surface area contributed by atoms with Crippen molar-refractivity contribution < 1.29 is 20.1 Å². The number of nitrogens with zero attached hydrogens (tertiary/aromatic N) is 3. The molecule has 3 aromatic heterocycles. The first-order valence-corrected chi connectivity index (χ1v) is 7.95. The first kappa shape index (κ1) is 17.1. The van der Waals surface area contributed by atoms with Crippen LogP contribution in [0.4, 0.5) is 0 Å². The van der Waals surface area contributed by atoms with Crippen LogP contribution in [0.25, 0.3) is 27.6 Å². The van der Waals surface area contributed by atoms with Gasteiger partial charge in [0.25, 0.3) is 0 Å². The Labute approximate surface area is 155 Å². The molecule has 4 heteroatoms. The summed E-state index contributed by atoms with van der Waals surface area (Å²) < 4.78 is 2.14. The second-order valence-corrected chi connectivity index (χ2v) is 7.34. The molecular weight excluding hydrogens is 474 g/mol. The van der Waals surface area contributed by atoms with Crippen LogP contribution in [0, 0.1) is 19.9 Å². The third-order valence-corrected chi connectivity index (χ3v) is 4.53. The summed E-state index contributed by atoms with van der Waals surface area (Å²) in [6, 6.07) is 11.8. The first-order valence-electron chi connectivity index (χ1n) is 7.95. The Hall–Kier alpha value is -1.77. The number of hydrogen-bond acceptors (Lipinski definition) is 2. The number of pyridine rings is 2. The standard InChI is InChI=1S/C20H20N3.Ir/c1-12-10-16-17(11-13(12)2)23-9-8-15-14(19(23)22-16)6-7-18(21-15)20(3,4)5;/h7-11H,1-5H3;/q-1;. The van der Waals surface area contributed by atoms with Crippen molar-refractivity contribution in [3.63, 3.8) is 0 Å². The van der Waals surface area contributed by atoms with Gasteiger partial charge in [0.1, 0.15) is 0 Å². The van der Waals surface area contributed by atoms with Crippen LogP contribution in [0.1, 0.15) is 37.6 Å². The van der Waals surface area contributed by atoms with E-state index in [9.17, 15) is 0 Å². The maximum atomic E-state index is 4.83. The summed E-state index contributed by atoms with van der Waals surface area (Å²) in [5.74, 6) is 0. The maximum absolute atomic E-state index is 4.83.